The maximum Gasteiger partial charge on any atom is 0.0756 e. The molecule has 0 spiro atoms. The second kappa shape index (κ2) is 3.83. The van der Waals surface area contributed by atoms with Crippen LogP contribution < -0.4 is 5.43 Å². The summed E-state index contributed by atoms with van der Waals surface area (Å²) in [4.78, 5) is 0. The van der Waals surface area contributed by atoms with Crippen LogP contribution >= 0.6 is 0 Å². The molecular formula is C10H16N2O. The lowest BCUT2D eigenvalue weighted by molar-refractivity contribution is 0.111. The summed E-state index contributed by atoms with van der Waals surface area (Å²) in [5.74, 6) is 0. The smallest absolute Gasteiger partial charge is 0.0756 e. The highest BCUT2D eigenvalue weighted by atomic mass is 16.3. The summed E-state index contributed by atoms with van der Waals surface area (Å²) >= 11 is 0. The molecule has 1 fully saturated rings. The van der Waals surface area contributed by atoms with Crippen LogP contribution in [-0.4, -0.2) is 21.9 Å². The van der Waals surface area contributed by atoms with Crippen molar-refractivity contribution in [2.24, 2.45) is 0 Å². The molecule has 0 amide bonds. The molecule has 0 saturated heterocycles. The van der Waals surface area contributed by atoms with E-state index in [0.29, 0.717) is 0 Å². The van der Waals surface area contributed by atoms with E-state index in [9.17, 15) is 5.11 Å². The van der Waals surface area contributed by atoms with Crippen LogP contribution in [0.1, 0.15) is 25.7 Å². The van der Waals surface area contributed by atoms with E-state index in [-0.39, 0.29) is 12.1 Å². The quantitative estimate of drug-likeness (QED) is 0.720. The minimum Gasteiger partial charge on any atom is -0.391 e. The molecule has 2 rings (SSSR count). The first-order valence-electron chi connectivity index (χ1n) is 4.94. The van der Waals surface area contributed by atoms with E-state index < -0.39 is 0 Å². The van der Waals surface area contributed by atoms with E-state index in [4.69, 9.17) is 0 Å². The molecule has 0 radical (unpaired) electrons. The molecule has 0 bridgehead atoms. The van der Waals surface area contributed by atoms with Gasteiger partial charge in [-0.05, 0) is 25.0 Å². The number of aliphatic hydroxyl groups excluding tert-OH is 1. The van der Waals surface area contributed by atoms with Gasteiger partial charge in [-0.15, -0.1) is 0 Å². The van der Waals surface area contributed by atoms with Crippen LogP contribution in [0.15, 0.2) is 24.5 Å². The molecule has 2 atom stereocenters. The zero-order chi connectivity index (χ0) is 9.10. The number of rotatable bonds is 2. The van der Waals surface area contributed by atoms with Gasteiger partial charge in [-0.25, -0.2) is 0 Å². The standard InChI is InChI=1S/C10H16N2O/c13-10-6-2-1-5-9(10)11-12-7-3-4-8-12/h3-4,7-11,13H,1-2,5-6H2/t9-,10-/m1/s1. The van der Waals surface area contributed by atoms with Crippen LogP contribution in [-0.2, 0) is 0 Å². The maximum absolute atomic E-state index is 9.69. The fraction of sp³-hybridized carbons (Fsp3) is 0.600. The molecule has 1 aliphatic rings. The van der Waals surface area contributed by atoms with Gasteiger partial charge in [-0.2, -0.15) is 0 Å². The molecule has 0 aromatic carbocycles. The molecule has 0 unspecified atom stereocenters. The molecule has 13 heavy (non-hydrogen) atoms. The van der Waals surface area contributed by atoms with Crippen LogP contribution in [0, 0.1) is 0 Å². The number of nitrogens with one attached hydrogen (secondary N) is 1. The Kier molecular flexibility index (Phi) is 2.54. The highest BCUT2D eigenvalue weighted by Crippen LogP contribution is 2.18. The Bertz CT molecular complexity index is 245. The number of nitrogens with zero attached hydrogens (tertiary/aromatic N) is 1. The van der Waals surface area contributed by atoms with Crippen molar-refractivity contribution < 1.29 is 5.11 Å². The molecule has 0 aliphatic heterocycles. The molecule has 1 aliphatic carbocycles. The highest BCUT2D eigenvalue weighted by Gasteiger charge is 2.22. The van der Waals surface area contributed by atoms with Gasteiger partial charge in [0.25, 0.3) is 0 Å². The minimum atomic E-state index is -0.184. The molecular weight excluding hydrogens is 164 g/mol. The summed E-state index contributed by atoms with van der Waals surface area (Å²) in [5.41, 5.74) is 3.28. The van der Waals surface area contributed by atoms with Gasteiger partial charge in [0.05, 0.1) is 12.1 Å². The van der Waals surface area contributed by atoms with Crippen molar-refractivity contribution in [3.63, 3.8) is 0 Å². The predicted octanol–water partition coefficient (Wildman–Crippen LogP) is 1.34. The molecule has 1 saturated carbocycles. The van der Waals surface area contributed by atoms with Crippen LogP contribution in [0.2, 0.25) is 0 Å². The summed E-state index contributed by atoms with van der Waals surface area (Å²) in [5, 5.41) is 9.69. The van der Waals surface area contributed by atoms with Gasteiger partial charge in [0.15, 0.2) is 0 Å². The highest BCUT2D eigenvalue weighted by molar-refractivity contribution is 4.97. The molecule has 3 nitrogen and oxygen atoms in total. The summed E-state index contributed by atoms with van der Waals surface area (Å²) in [6, 6.07) is 4.17. The first-order chi connectivity index (χ1) is 6.36. The Hall–Kier alpha value is -0.960. The first-order valence-corrected chi connectivity index (χ1v) is 4.94. The van der Waals surface area contributed by atoms with Gasteiger partial charge in [-0.1, -0.05) is 12.8 Å². The van der Waals surface area contributed by atoms with Crippen molar-refractivity contribution in [1.82, 2.24) is 4.68 Å². The van der Waals surface area contributed by atoms with Gasteiger partial charge < -0.3 is 10.5 Å². The van der Waals surface area contributed by atoms with Crippen LogP contribution in [0.3, 0.4) is 0 Å². The Balaban J connectivity index is 1.93. The summed E-state index contributed by atoms with van der Waals surface area (Å²) in [7, 11) is 0. The zero-order valence-electron chi connectivity index (χ0n) is 7.69. The first kappa shape index (κ1) is 8.63. The average molecular weight is 180 g/mol. The molecule has 2 N–H and O–H groups in total. The van der Waals surface area contributed by atoms with Crippen molar-refractivity contribution in [2.45, 2.75) is 37.8 Å². The lowest BCUT2D eigenvalue weighted by Crippen LogP contribution is -2.40. The molecule has 1 heterocycles. The third-order valence-corrected chi connectivity index (χ3v) is 2.65. The monoisotopic (exact) mass is 180 g/mol. The minimum absolute atomic E-state index is 0.184. The second-order valence-corrected chi connectivity index (χ2v) is 3.68. The SMILES string of the molecule is O[C@@H]1CCCC[C@H]1Nn1cccc1. The van der Waals surface area contributed by atoms with E-state index in [2.05, 4.69) is 5.43 Å². The van der Waals surface area contributed by atoms with E-state index in [1.54, 1.807) is 0 Å². The fourth-order valence-electron chi connectivity index (χ4n) is 1.87. The molecule has 72 valence electrons. The zero-order valence-corrected chi connectivity index (χ0v) is 7.69. The van der Waals surface area contributed by atoms with Gasteiger partial charge in [-0.3, -0.25) is 4.68 Å². The van der Waals surface area contributed by atoms with Crippen LogP contribution in [0.25, 0.3) is 0 Å². The largest absolute Gasteiger partial charge is 0.391 e. The van der Waals surface area contributed by atoms with E-state index >= 15 is 0 Å². The van der Waals surface area contributed by atoms with Gasteiger partial charge >= 0.3 is 0 Å². The molecule has 1 aromatic heterocycles. The second-order valence-electron chi connectivity index (χ2n) is 3.68. The normalized spacial score (nSPS) is 28.7. The van der Waals surface area contributed by atoms with Crippen LogP contribution in [0.5, 0.6) is 0 Å². The third kappa shape index (κ3) is 2.04. The van der Waals surface area contributed by atoms with E-state index in [1.807, 2.05) is 29.2 Å². The number of aromatic nitrogens is 1. The predicted molar refractivity (Wildman–Crippen MR) is 52.1 cm³/mol. The van der Waals surface area contributed by atoms with Crippen molar-refractivity contribution >= 4 is 0 Å². The van der Waals surface area contributed by atoms with Gasteiger partial charge in [0, 0.05) is 12.4 Å². The van der Waals surface area contributed by atoms with Crippen molar-refractivity contribution in [3.8, 4) is 0 Å². The maximum atomic E-state index is 9.69. The Morgan fingerprint density at radius 2 is 1.85 bits per heavy atom. The Labute approximate surface area is 78.3 Å². The third-order valence-electron chi connectivity index (χ3n) is 2.65. The summed E-state index contributed by atoms with van der Waals surface area (Å²) < 4.78 is 1.92. The number of hydrogen-bond donors (Lipinski definition) is 2. The van der Waals surface area contributed by atoms with Crippen LogP contribution in [0.4, 0.5) is 0 Å². The fourth-order valence-corrected chi connectivity index (χ4v) is 1.87. The molecule has 3 heteroatoms. The van der Waals surface area contributed by atoms with Crippen molar-refractivity contribution in [2.75, 3.05) is 5.43 Å². The van der Waals surface area contributed by atoms with Crippen molar-refractivity contribution in [1.29, 1.82) is 0 Å². The lowest BCUT2D eigenvalue weighted by Gasteiger charge is -2.29. The summed E-state index contributed by atoms with van der Waals surface area (Å²) in [6.45, 7) is 0. The van der Waals surface area contributed by atoms with E-state index in [0.717, 1.165) is 19.3 Å². The Morgan fingerprint density at radius 3 is 2.54 bits per heavy atom. The van der Waals surface area contributed by atoms with Gasteiger partial charge in [0.2, 0.25) is 0 Å². The van der Waals surface area contributed by atoms with Crippen molar-refractivity contribution in [3.05, 3.63) is 24.5 Å². The number of hydrogen-bond acceptors (Lipinski definition) is 2. The summed E-state index contributed by atoms with van der Waals surface area (Å²) in [6.07, 6.45) is 8.11. The topological polar surface area (TPSA) is 37.2 Å². The Morgan fingerprint density at radius 1 is 1.15 bits per heavy atom. The lowest BCUT2D eigenvalue weighted by atomic mass is 9.93. The average Bonchev–Trinajstić information content (AvgIpc) is 2.61. The molecule has 1 aromatic rings. The van der Waals surface area contributed by atoms with E-state index in [1.165, 1.54) is 6.42 Å². The number of aliphatic hydroxyl groups is 1. The van der Waals surface area contributed by atoms with Gasteiger partial charge in [0.1, 0.15) is 0 Å².